The van der Waals surface area contributed by atoms with Crippen molar-refractivity contribution in [2.24, 2.45) is 0 Å². The van der Waals surface area contributed by atoms with E-state index in [9.17, 15) is 4.79 Å². The third kappa shape index (κ3) is 11.9. The normalized spacial score (nSPS) is 13.0. The van der Waals surface area contributed by atoms with E-state index in [1.54, 1.807) is 0 Å². The van der Waals surface area contributed by atoms with Gasteiger partial charge in [-0.1, -0.05) is 132 Å². The predicted octanol–water partition coefficient (Wildman–Crippen LogP) is 8.88. The fourth-order valence-corrected chi connectivity index (χ4v) is 4.96. The Morgan fingerprint density at radius 3 is 1.89 bits per heavy atom. The van der Waals surface area contributed by atoms with Gasteiger partial charge in [-0.3, -0.25) is 9.69 Å². The van der Waals surface area contributed by atoms with Crippen molar-refractivity contribution in [1.29, 1.82) is 0 Å². The molecule has 0 heterocycles. The molecule has 2 atom stereocenters. The highest BCUT2D eigenvalue weighted by molar-refractivity contribution is 5.70. The SMILES string of the molecule is CCCCCCCCCCCC[C@H](CC(=O)OCC)N(Cc1ccccc1)[C@H](C)c1ccccc1. The van der Waals surface area contributed by atoms with Crippen molar-refractivity contribution < 1.29 is 9.53 Å². The number of nitrogens with zero attached hydrogens (tertiary/aromatic N) is 1. The fraction of sp³-hybridized carbons (Fsp3) is 0.594. The van der Waals surface area contributed by atoms with Gasteiger partial charge < -0.3 is 4.74 Å². The van der Waals surface area contributed by atoms with Gasteiger partial charge in [-0.05, 0) is 31.4 Å². The molecule has 0 N–H and O–H groups in total. The molecule has 3 heteroatoms. The lowest BCUT2D eigenvalue weighted by Gasteiger charge is -2.37. The molecule has 0 amide bonds. The van der Waals surface area contributed by atoms with Gasteiger partial charge in [0, 0.05) is 18.6 Å². The van der Waals surface area contributed by atoms with E-state index in [0.717, 1.165) is 19.4 Å². The maximum absolute atomic E-state index is 12.6. The van der Waals surface area contributed by atoms with Gasteiger partial charge in [-0.15, -0.1) is 0 Å². The minimum absolute atomic E-state index is 0.0806. The second kappa shape index (κ2) is 18.2. The first-order valence-electron chi connectivity index (χ1n) is 14.2. The number of hydrogen-bond donors (Lipinski definition) is 0. The minimum Gasteiger partial charge on any atom is -0.466 e. The van der Waals surface area contributed by atoms with Crippen molar-refractivity contribution in [2.75, 3.05) is 6.61 Å². The van der Waals surface area contributed by atoms with E-state index < -0.39 is 0 Å². The molecule has 2 aromatic rings. The van der Waals surface area contributed by atoms with Crippen LogP contribution in [-0.2, 0) is 16.1 Å². The van der Waals surface area contributed by atoms with Crippen LogP contribution < -0.4 is 0 Å². The van der Waals surface area contributed by atoms with Crippen LogP contribution in [0.25, 0.3) is 0 Å². The number of esters is 1. The number of rotatable bonds is 19. The van der Waals surface area contributed by atoms with Gasteiger partial charge in [0.2, 0.25) is 0 Å². The van der Waals surface area contributed by atoms with Gasteiger partial charge in [-0.25, -0.2) is 0 Å². The van der Waals surface area contributed by atoms with Crippen LogP contribution in [-0.4, -0.2) is 23.5 Å². The Hall–Kier alpha value is -2.13. The summed E-state index contributed by atoms with van der Waals surface area (Å²) in [7, 11) is 0. The summed E-state index contributed by atoms with van der Waals surface area (Å²) < 4.78 is 5.39. The van der Waals surface area contributed by atoms with Crippen molar-refractivity contribution >= 4 is 5.97 Å². The second-order valence-electron chi connectivity index (χ2n) is 9.88. The predicted molar refractivity (Wildman–Crippen MR) is 148 cm³/mol. The van der Waals surface area contributed by atoms with Gasteiger partial charge in [0.25, 0.3) is 0 Å². The third-order valence-electron chi connectivity index (χ3n) is 7.05. The number of hydrogen-bond acceptors (Lipinski definition) is 3. The molecule has 2 rings (SSSR count). The first-order chi connectivity index (χ1) is 17.2. The van der Waals surface area contributed by atoms with Crippen molar-refractivity contribution in [3.63, 3.8) is 0 Å². The first-order valence-corrected chi connectivity index (χ1v) is 14.2. The summed E-state index contributed by atoms with van der Waals surface area (Å²) in [6.45, 7) is 7.71. The van der Waals surface area contributed by atoms with Crippen molar-refractivity contribution in [3.8, 4) is 0 Å². The first kappa shape index (κ1) is 29.1. The summed E-state index contributed by atoms with van der Waals surface area (Å²) in [5, 5.41) is 0. The van der Waals surface area contributed by atoms with Gasteiger partial charge in [-0.2, -0.15) is 0 Å². The third-order valence-corrected chi connectivity index (χ3v) is 7.05. The number of carbonyl (C=O) groups excluding carboxylic acids is 1. The summed E-state index contributed by atoms with van der Waals surface area (Å²) in [5.74, 6) is -0.0806. The largest absolute Gasteiger partial charge is 0.466 e. The van der Waals surface area contributed by atoms with Crippen molar-refractivity contribution in [1.82, 2.24) is 4.90 Å². The van der Waals surface area contributed by atoms with Crippen LogP contribution in [0.15, 0.2) is 60.7 Å². The van der Waals surface area contributed by atoms with Gasteiger partial charge >= 0.3 is 5.97 Å². The molecule has 0 aliphatic rings. The Kier molecular flexibility index (Phi) is 15.1. The molecule has 0 saturated heterocycles. The van der Waals surface area contributed by atoms with E-state index in [1.807, 2.05) is 6.92 Å². The fourth-order valence-electron chi connectivity index (χ4n) is 4.96. The van der Waals surface area contributed by atoms with E-state index >= 15 is 0 Å². The van der Waals surface area contributed by atoms with E-state index in [2.05, 4.69) is 79.4 Å². The smallest absolute Gasteiger partial charge is 0.307 e. The van der Waals surface area contributed by atoms with Crippen LogP contribution in [0.3, 0.4) is 0 Å². The topological polar surface area (TPSA) is 29.5 Å². The molecule has 194 valence electrons. The van der Waals surface area contributed by atoms with Gasteiger partial charge in [0.15, 0.2) is 0 Å². The molecule has 0 saturated carbocycles. The Balaban J connectivity index is 2.01. The van der Waals surface area contributed by atoms with Crippen LogP contribution in [0.1, 0.15) is 115 Å². The molecule has 0 bridgehead atoms. The molecule has 35 heavy (non-hydrogen) atoms. The number of carbonyl (C=O) groups is 1. The monoisotopic (exact) mass is 479 g/mol. The van der Waals surface area contributed by atoms with E-state index in [0.29, 0.717) is 13.0 Å². The summed E-state index contributed by atoms with van der Waals surface area (Å²) in [4.78, 5) is 15.1. The molecular weight excluding hydrogens is 430 g/mol. The summed E-state index contributed by atoms with van der Waals surface area (Å²) in [5.41, 5.74) is 2.58. The van der Waals surface area contributed by atoms with Crippen LogP contribution in [0.2, 0.25) is 0 Å². The summed E-state index contributed by atoms with van der Waals surface area (Å²) in [6.07, 6.45) is 14.7. The zero-order valence-electron chi connectivity index (χ0n) is 22.6. The molecule has 2 aromatic carbocycles. The highest BCUT2D eigenvalue weighted by atomic mass is 16.5. The van der Waals surface area contributed by atoms with Crippen LogP contribution in [0.5, 0.6) is 0 Å². The zero-order chi connectivity index (χ0) is 25.1. The number of unbranched alkanes of at least 4 members (excludes halogenated alkanes) is 9. The average molecular weight is 480 g/mol. The Bertz CT molecular complexity index is 777. The molecule has 0 unspecified atom stereocenters. The second-order valence-corrected chi connectivity index (χ2v) is 9.88. The van der Waals surface area contributed by atoms with Crippen molar-refractivity contribution in [3.05, 3.63) is 71.8 Å². The minimum atomic E-state index is -0.0806. The Morgan fingerprint density at radius 2 is 1.31 bits per heavy atom. The molecule has 0 fully saturated rings. The maximum atomic E-state index is 12.6. The molecule has 3 nitrogen and oxygen atoms in total. The van der Waals surface area contributed by atoms with Crippen LogP contribution in [0.4, 0.5) is 0 Å². The van der Waals surface area contributed by atoms with E-state index in [1.165, 1.54) is 68.9 Å². The van der Waals surface area contributed by atoms with E-state index in [-0.39, 0.29) is 18.1 Å². The molecule has 0 radical (unpaired) electrons. The zero-order valence-corrected chi connectivity index (χ0v) is 22.6. The van der Waals surface area contributed by atoms with Crippen LogP contribution in [0, 0.1) is 0 Å². The number of benzene rings is 2. The quantitative estimate of drug-likeness (QED) is 0.149. The Morgan fingerprint density at radius 1 is 0.771 bits per heavy atom. The highest BCUT2D eigenvalue weighted by Crippen LogP contribution is 2.29. The molecular formula is C32H49NO2. The standard InChI is InChI=1S/C32H49NO2/c1-4-6-7-8-9-10-11-12-13-20-25-31(26-32(34)35-5-2)33(27-29-21-16-14-17-22-29)28(3)30-23-18-15-19-24-30/h14-19,21-24,28,31H,4-13,20,25-27H2,1-3H3/t28-,31-/m1/s1. The lowest BCUT2D eigenvalue weighted by molar-refractivity contribution is -0.145. The Labute approximate surface area is 215 Å². The van der Waals surface area contributed by atoms with E-state index in [4.69, 9.17) is 4.74 Å². The summed E-state index contributed by atoms with van der Waals surface area (Å²) >= 11 is 0. The highest BCUT2D eigenvalue weighted by Gasteiger charge is 2.27. The molecule has 0 aliphatic carbocycles. The molecule has 0 aromatic heterocycles. The molecule has 0 aliphatic heterocycles. The average Bonchev–Trinajstić information content (AvgIpc) is 2.88. The molecule has 0 spiro atoms. The van der Waals surface area contributed by atoms with Crippen molar-refractivity contribution in [2.45, 2.75) is 116 Å². The summed E-state index contributed by atoms with van der Waals surface area (Å²) in [6, 6.07) is 21.7. The van der Waals surface area contributed by atoms with Gasteiger partial charge in [0.1, 0.15) is 0 Å². The lowest BCUT2D eigenvalue weighted by atomic mass is 9.97. The maximum Gasteiger partial charge on any atom is 0.307 e. The van der Waals surface area contributed by atoms with Gasteiger partial charge in [0.05, 0.1) is 13.0 Å². The number of ether oxygens (including phenoxy) is 1. The lowest BCUT2D eigenvalue weighted by Crippen LogP contribution is -2.39. The van der Waals surface area contributed by atoms with Crippen LogP contribution >= 0.6 is 0 Å².